The van der Waals surface area contributed by atoms with Gasteiger partial charge in [-0.15, -0.1) is 0 Å². The maximum atomic E-state index is 11.6. The van der Waals surface area contributed by atoms with Crippen molar-refractivity contribution in [1.29, 1.82) is 0 Å². The molecule has 1 amide bonds. The van der Waals surface area contributed by atoms with E-state index in [2.05, 4.69) is 11.4 Å². The Labute approximate surface area is 122 Å². The van der Waals surface area contributed by atoms with Crippen LogP contribution in [0.2, 0.25) is 0 Å². The number of nitrogens with zero attached hydrogens (tertiary/aromatic N) is 1. The topological polar surface area (TPSA) is 64.2 Å². The third-order valence-electron chi connectivity index (χ3n) is 4.36. The predicted molar refractivity (Wildman–Crippen MR) is 80.4 cm³/mol. The van der Waals surface area contributed by atoms with Gasteiger partial charge >= 0.3 is 5.76 Å². The summed E-state index contributed by atoms with van der Waals surface area (Å²) >= 11 is 0. The van der Waals surface area contributed by atoms with E-state index in [1.165, 1.54) is 11.1 Å². The van der Waals surface area contributed by atoms with Gasteiger partial charge in [-0.05, 0) is 54.9 Å². The van der Waals surface area contributed by atoms with E-state index < -0.39 is 0 Å². The van der Waals surface area contributed by atoms with Gasteiger partial charge in [0.25, 0.3) is 0 Å². The standard InChI is InChI=1S/C16H20N2O3/c1-10(19)17-7-6-11-4-3-5-12-8-15-14(9-13(11)12)18(2)16(20)21-15/h8-9,11H,3-7H2,1-2H3,(H,17,19). The first-order valence-corrected chi connectivity index (χ1v) is 7.43. The third kappa shape index (κ3) is 2.60. The van der Waals surface area contributed by atoms with E-state index in [-0.39, 0.29) is 11.7 Å². The second-order valence-corrected chi connectivity index (χ2v) is 5.81. The monoisotopic (exact) mass is 288 g/mol. The zero-order valence-electron chi connectivity index (χ0n) is 12.4. The van der Waals surface area contributed by atoms with Crippen molar-refractivity contribution in [3.63, 3.8) is 0 Å². The van der Waals surface area contributed by atoms with Crippen molar-refractivity contribution in [3.8, 4) is 0 Å². The molecule has 0 saturated heterocycles. The van der Waals surface area contributed by atoms with Gasteiger partial charge in [-0.1, -0.05) is 0 Å². The van der Waals surface area contributed by atoms with Crippen molar-refractivity contribution in [2.24, 2.45) is 7.05 Å². The summed E-state index contributed by atoms with van der Waals surface area (Å²) in [5, 5.41) is 2.86. The summed E-state index contributed by atoms with van der Waals surface area (Å²) in [4.78, 5) is 22.6. The Hall–Kier alpha value is -2.04. The maximum Gasteiger partial charge on any atom is 0.419 e. The molecule has 0 bridgehead atoms. The SMILES string of the molecule is CC(=O)NCCC1CCCc2cc3oc(=O)n(C)c3cc21. The quantitative estimate of drug-likeness (QED) is 0.940. The van der Waals surface area contributed by atoms with E-state index in [9.17, 15) is 9.59 Å². The molecule has 5 heteroatoms. The first-order chi connectivity index (χ1) is 10.1. The number of amides is 1. The molecule has 1 N–H and O–H groups in total. The number of benzene rings is 1. The van der Waals surface area contributed by atoms with Gasteiger partial charge in [0.2, 0.25) is 5.91 Å². The van der Waals surface area contributed by atoms with Crippen molar-refractivity contribution < 1.29 is 9.21 Å². The lowest BCUT2D eigenvalue weighted by atomic mass is 9.81. The lowest BCUT2D eigenvalue weighted by molar-refractivity contribution is -0.118. The number of fused-ring (bicyclic) bond motifs is 2. The first-order valence-electron chi connectivity index (χ1n) is 7.43. The molecule has 0 saturated carbocycles. The molecule has 0 fully saturated rings. The van der Waals surface area contributed by atoms with Crippen LogP contribution in [0.15, 0.2) is 21.3 Å². The number of oxazole rings is 1. The van der Waals surface area contributed by atoms with E-state index in [4.69, 9.17) is 4.42 Å². The van der Waals surface area contributed by atoms with Crippen LogP contribution in [0.3, 0.4) is 0 Å². The molecule has 5 nitrogen and oxygen atoms in total. The Balaban J connectivity index is 1.94. The number of nitrogens with one attached hydrogen (secondary N) is 1. The van der Waals surface area contributed by atoms with E-state index in [0.29, 0.717) is 18.0 Å². The van der Waals surface area contributed by atoms with Gasteiger partial charge in [-0.3, -0.25) is 9.36 Å². The first kappa shape index (κ1) is 13.9. The number of rotatable bonds is 3. The third-order valence-corrected chi connectivity index (χ3v) is 4.36. The highest BCUT2D eigenvalue weighted by molar-refractivity contribution is 5.75. The molecule has 0 radical (unpaired) electrons. The van der Waals surface area contributed by atoms with Gasteiger partial charge in [0, 0.05) is 20.5 Å². The summed E-state index contributed by atoms with van der Waals surface area (Å²) in [6.07, 6.45) is 4.23. The molecule has 0 spiro atoms. The summed E-state index contributed by atoms with van der Waals surface area (Å²) in [6.45, 7) is 2.24. The molecule has 1 unspecified atom stereocenters. The van der Waals surface area contributed by atoms with Gasteiger partial charge in [-0.2, -0.15) is 0 Å². The molecule has 1 aliphatic rings. The number of aromatic nitrogens is 1. The number of carbonyl (C=O) groups excluding carboxylic acids is 1. The van der Waals surface area contributed by atoms with Gasteiger partial charge in [0.15, 0.2) is 5.58 Å². The van der Waals surface area contributed by atoms with E-state index >= 15 is 0 Å². The summed E-state index contributed by atoms with van der Waals surface area (Å²) in [5.74, 6) is 0.135. The average Bonchev–Trinajstić information content (AvgIpc) is 2.71. The molecule has 1 aliphatic carbocycles. The summed E-state index contributed by atoms with van der Waals surface area (Å²) in [7, 11) is 1.73. The van der Waals surface area contributed by atoms with Crippen molar-refractivity contribution in [2.75, 3.05) is 6.54 Å². The minimum Gasteiger partial charge on any atom is -0.408 e. The zero-order chi connectivity index (χ0) is 15.0. The molecule has 1 atom stereocenters. The molecule has 2 aromatic rings. The van der Waals surface area contributed by atoms with Crippen molar-refractivity contribution in [1.82, 2.24) is 9.88 Å². The lowest BCUT2D eigenvalue weighted by Crippen LogP contribution is -2.23. The van der Waals surface area contributed by atoms with E-state index in [0.717, 1.165) is 31.2 Å². The minimum atomic E-state index is -0.317. The van der Waals surface area contributed by atoms with Gasteiger partial charge < -0.3 is 9.73 Å². The summed E-state index contributed by atoms with van der Waals surface area (Å²) in [6, 6.07) is 4.10. The number of carbonyl (C=O) groups is 1. The van der Waals surface area contributed by atoms with Crippen LogP contribution in [0.4, 0.5) is 0 Å². The maximum absolute atomic E-state index is 11.6. The van der Waals surface area contributed by atoms with Crippen molar-refractivity contribution >= 4 is 17.0 Å². The van der Waals surface area contributed by atoms with Crippen molar-refractivity contribution in [3.05, 3.63) is 33.8 Å². The second kappa shape index (κ2) is 5.39. The van der Waals surface area contributed by atoms with Gasteiger partial charge in [-0.25, -0.2) is 4.79 Å². The molecular weight excluding hydrogens is 268 g/mol. The van der Waals surface area contributed by atoms with E-state index in [1.807, 2.05) is 6.07 Å². The number of hydrogen-bond acceptors (Lipinski definition) is 3. The lowest BCUT2D eigenvalue weighted by Gasteiger charge is -2.25. The predicted octanol–water partition coefficient (Wildman–Crippen LogP) is 2.08. The Morgan fingerprint density at radius 3 is 3.05 bits per heavy atom. The molecule has 1 aromatic carbocycles. The fourth-order valence-electron chi connectivity index (χ4n) is 3.24. The molecule has 0 aliphatic heterocycles. The Morgan fingerprint density at radius 2 is 2.29 bits per heavy atom. The Bertz CT molecular complexity index is 742. The summed E-state index contributed by atoms with van der Waals surface area (Å²) < 4.78 is 6.81. The Kier molecular flexibility index (Phi) is 3.57. The normalized spacial score (nSPS) is 17.7. The van der Waals surface area contributed by atoms with Crippen LogP contribution in [0.1, 0.15) is 43.2 Å². The Morgan fingerprint density at radius 1 is 1.48 bits per heavy atom. The van der Waals surface area contributed by atoms with Crippen molar-refractivity contribution in [2.45, 2.75) is 38.5 Å². The fraction of sp³-hybridized carbons (Fsp3) is 0.500. The van der Waals surface area contributed by atoms with Crippen LogP contribution in [0.25, 0.3) is 11.1 Å². The van der Waals surface area contributed by atoms with Crippen LogP contribution in [-0.2, 0) is 18.3 Å². The van der Waals surface area contributed by atoms with Crippen LogP contribution in [-0.4, -0.2) is 17.0 Å². The minimum absolute atomic E-state index is 0.0127. The molecule has 1 heterocycles. The smallest absolute Gasteiger partial charge is 0.408 e. The average molecular weight is 288 g/mol. The van der Waals surface area contributed by atoms with Crippen LogP contribution in [0.5, 0.6) is 0 Å². The zero-order valence-corrected chi connectivity index (χ0v) is 12.4. The van der Waals surface area contributed by atoms with Gasteiger partial charge in [0.1, 0.15) is 0 Å². The van der Waals surface area contributed by atoms with Crippen LogP contribution < -0.4 is 11.1 Å². The van der Waals surface area contributed by atoms with Gasteiger partial charge in [0.05, 0.1) is 5.52 Å². The number of aryl methyl sites for hydroxylation is 2. The molecule has 112 valence electrons. The highest BCUT2D eigenvalue weighted by Crippen LogP contribution is 2.36. The van der Waals surface area contributed by atoms with E-state index in [1.54, 1.807) is 18.5 Å². The largest absolute Gasteiger partial charge is 0.419 e. The summed E-state index contributed by atoms with van der Waals surface area (Å²) in [5.41, 5.74) is 4.10. The molecule has 21 heavy (non-hydrogen) atoms. The molecule has 3 rings (SSSR count). The molecule has 1 aromatic heterocycles. The van der Waals surface area contributed by atoms with Crippen LogP contribution in [0, 0.1) is 0 Å². The second-order valence-electron chi connectivity index (χ2n) is 5.81. The number of hydrogen-bond donors (Lipinski definition) is 1. The fourth-order valence-corrected chi connectivity index (χ4v) is 3.24. The highest BCUT2D eigenvalue weighted by Gasteiger charge is 2.22. The molecular formula is C16H20N2O3. The van der Waals surface area contributed by atoms with Crippen LogP contribution >= 0.6 is 0 Å². The highest BCUT2D eigenvalue weighted by atomic mass is 16.4.